The van der Waals surface area contributed by atoms with Gasteiger partial charge in [-0.3, -0.25) is 14.9 Å². The lowest BCUT2D eigenvalue weighted by Crippen LogP contribution is -2.31. The lowest BCUT2D eigenvalue weighted by molar-refractivity contribution is -0.385. The summed E-state index contributed by atoms with van der Waals surface area (Å²) >= 11 is 0. The van der Waals surface area contributed by atoms with Crippen molar-refractivity contribution >= 4 is 11.6 Å². The Balaban J connectivity index is 1.93. The summed E-state index contributed by atoms with van der Waals surface area (Å²) in [5.74, 6) is -1.08. The second-order valence-electron chi connectivity index (χ2n) is 5.81. The van der Waals surface area contributed by atoms with Gasteiger partial charge in [-0.25, -0.2) is 9.37 Å². The smallest absolute Gasteiger partial charge is 0.310 e. The van der Waals surface area contributed by atoms with Crippen molar-refractivity contribution in [3.8, 4) is 5.75 Å². The summed E-state index contributed by atoms with van der Waals surface area (Å²) in [6, 6.07) is 8.24. The number of imidazole rings is 1. The summed E-state index contributed by atoms with van der Waals surface area (Å²) in [7, 11) is 1.75. The minimum absolute atomic E-state index is 0.0411. The molecule has 0 aliphatic carbocycles. The summed E-state index contributed by atoms with van der Waals surface area (Å²) in [6.45, 7) is 0. The minimum Gasteiger partial charge on any atom is -0.502 e. The second kappa shape index (κ2) is 7.24. The number of phenols is 1. The van der Waals surface area contributed by atoms with Crippen LogP contribution in [-0.4, -0.2) is 25.5 Å². The molecule has 0 aliphatic heterocycles. The Hall–Kier alpha value is -3.75. The van der Waals surface area contributed by atoms with Gasteiger partial charge in [0.2, 0.25) is 0 Å². The zero-order valence-corrected chi connectivity index (χ0v) is 14.2. The van der Waals surface area contributed by atoms with Gasteiger partial charge >= 0.3 is 5.69 Å². The molecular weight excluding hydrogens is 355 g/mol. The molecule has 138 valence electrons. The van der Waals surface area contributed by atoms with Crippen molar-refractivity contribution in [3.63, 3.8) is 0 Å². The molecule has 0 fully saturated rings. The second-order valence-corrected chi connectivity index (χ2v) is 5.81. The monoisotopic (exact) mass is 370 g/mol. The van der Waals surface area contributed by atoms with Crippen molar-refractivity contribution in [2.75, 3.05) is 0 Å². The predicted octanol–water partition coefficient (Wildman–Crippen LogP) is 2.69. The van der Waals surface area contributed by atoms with Crippen molar-refractivity contribution < 1.29 is 19.2 Å². The molecule has 3 rings (SSSR count). The van der Waals surface area contributed by atoms with Crippen LogP contribution in [0.3, 0.4) is 0 Å². The fourth-order valence-corrected chi connectivity index (χ4v) is 2.64. The zero-order valence-electron chi connectivity index (χ0n) is 14.2. The van der Waals surface area contributed by atoms with Gasteiger partial charge in [0, 0.05) is 31.1 Å². The zero-order chi connectivity index (χ0) is 19.6. The number of aromatic hydroxyl groups is 1. The molecule has 0 spiro atoms. The third-order valence-corrected chi connectivity index (χ3v) is 4.03. The molecular formula is C18H15FN4O4. The number of hydrogen-bond donors (Lipinski definition) is 2. The van der Waals surface area contributed by atoms with Gasteiger partial charge < -0.3 is 15.0 Å². The Morgan fingerprint density at radius 3 is 2.56 bits per heavy atom. The number of nitro groups is 1. The van der Waals surface area contributed by atoms with Gasteiger partial charge in [0.15, 0.2) is 5.75 Å². The standard InChI is InChI=1S/C18H15FN4O4/c1-22-9-8-20-17(22)16(11-2-5-13(19)6-3-11)21-18(25)12-4-7-14(23(26)27)15(24)10-12/h2-10,16,24H,1H3,(H,21,25)/t16-/m1/s1. The topological polar surface area (TPSA) is 110 Å². The number of phenolic OH excluding ortho intramolecular Hbond substituents is 1. The molecule has 0 radical (unpaired) electrons. The summed E-state index contributed by atoms with van der Waals surface area (Å²) in [4.78, 5) is 26.9. The van der Waals surface area contributed by atoms with Crippen molar-refractivity contribution in [3.05, 3.63) is 87.7 Å². The van der Waals surface area contributed by atoms with Gasteiger partial charge in [-0.15, -0.1) is 0 Å². The molecule has 9 heteroatoms. The molecule has 8 nitrogen and oxygen atoms in total. The lowest BCUT2D eigenvalue weighted by atomic mass is 10.0. The number of halogens is 1. The largest absolute Gasteiger partial charge is 0.502 e. The summed E-state index contributed by atoms with van der Waals surface area (Å²) < 4.78 is 15.0. The molecule has 0 aliphatic rings. The van der Waals surface area contributed by atoms with Gasteiger partial charge in [0.1, 0.15) is 17.7 Å². The quantitative estimate of drug-likeness (QED) is 0.530. The Morgan fingerprint density at radius 2 is 2.00 bits per heavy atom. The van der Waals surface area contributed by atoms with Gasteiger partial charge in [-0.2, -0.15) is 0 Å². The first-order valence-electron chi connectivity index (χ1n) is 7.88. The number of hydrogen-bond acceptors (Lipinski definition) is 5. The number of aryl methyl sites for hydroxylation is 1. The first-order valence-corrected chi connectivity index (χ1v) is 7.88. The van der Waals surface area contributed by atoms with Crippen molar-refractivity contribution in [2.45, 2.75) is 6.04 Å². The normalized spacial score (nSPS) is 11.8. The van der Waals surface area contributed by atoms with E-state index in [1.165, 1.54) is 30.3 Å². The van der Waals surface area contributed by atoms with E-state index in [2.05, 4.69) is 10.3 Å². The van der Waals surface area contributed by atoms with Crippen molar-refractivity contribution in [1.29, 1.82) is 0 Å². The molecule has 0 bridgehead atoms. The number of carbonyl (C=O) groups excluding carboxylic acids is 1. The van der Waals surface area contributed by atoms with Gasteiger partial charge in [0.05, 0.1) is 4.92 Å². The summed E-state index contributed by atoms with van der Waals surface area (Å²) in [6.07, 6.45) is 3.27. The highest BCUT2D eigenvalue weighted by Crippen LogP contribution is 2.27. The van der Waals surface area contributed by atoms with Gasteiger partial charge in [0.25, 0.3) is 5.91 Å². The van der Waals surface area contributed by atoms with E-state index >= 15 is 0 Å². The van der Waals surface area contributed by atoms with E-state index in [4.69, 9.17) is 0 Å². The molecule has 3 aromatic rings. The van der Waals surface area contributed by atoms with Crippen LogP contribution in [0.15, 0.2) is 54.9 Å². The molecule has 1 atom stereocenters. The number of amides is 1. The predicted molar refractivity (Wildman–Crippen MR) is 93.7 cm³/mol. The number of rotatable bonds is 5. The van der Waals surface area contributed by atoms with E-state index in [9.17, 15) is 24.4 Å². The Morgan fingerprint density at radius 1 is 1.30 bits per heavy atom. The fourth-order valence-electron chi connectivity index (χ4n) is 2.64. The Bertz CT molecular complexity index is 1000. The van der Waals surface area contributed by atoms with Crippen LogP contribution in [0, 0.1) is 15.9 Å². The molecule has 2 N–H and O–H groups in total. The molecule has 1 aromatic heterocycles. The van der Waals surface area contributed by atoms with E-state index in [0.29, 0.717) is 11.4 Å². The molecule has 2 aromatic carbocycles. The number of carbonyl (C=O) groups is 1. The average Bonchev–Trinajstić information content (AvgIpc) is 3.05. The Kier molecular flexibility index (Phi) is 4.84. The van der Waals surface area contributed by atoms with Crippen LogP contribution in [-0.2, 0) is 7.05 Å². The van der Waals surface area contributed by atoms with E-state index < -0.39 is 34.1 Å². The van der Waals surface area contributed by atoms with Crippen LogP contribution in [0.25, 0.3) is 0 Å². The van der Waals surface area contributed by atoms with Crippen LogP contribution < -0.4 is 5.32 Å². The maximum absolute atomic E-state index is 13.3. The molecule has 0 saturated heterocycles. The molecule has 1 amide bonds. The highest BCUT2D eigenvalue weighted by atomic mass is 19.1. The minimum atomic E-state index is -0.744. The van der Waals surface area contributed by atoms with Gasteiger partial charge in [-0.05, 0) is 29.8 Å². The maximum Gasteiger partial charge on any atom is 0.310 e. The molecule has 1 heterocycles. The van der Waals surface area contributed by atoms with Crippen LogP contribution in [0.2, 0.25) is 0 Å². The van der Waals surface area contributed by atoms with Crippen LogP contribution in [0.5, 0.6) is 5.75 Å². The van der Waals surface area contributed by atoms with E-state index in [1.807, 2.05) is 0 Å². The van der Waals surface area contributed by atoms with Crippen LogP contribution in [0.4, 0.5) is 10.1 Å². The highest BCUT2D eigenvalue weighted by Gasteiger charge is 2.23. The molecule has 0 saturated carbocycles. The van der Waals surface area contributed by atoms with Crippen molar-refractivity contribution in [2.24, 2.45) is 7.05 Å². The average molecular weight is 370 g/mol. The number of benzene rings is 2. The number of nitrogens with one attached hydrogen (secondary N) is 1. The Labute approximate surface area is 153 Å². The summed E-state index contributed by atoms with van der Waals surface area (Å²) in [5, 5.41) is 23.3. The van der Waals surface area contributed by atoms with E-state index in [-0.39, 0.29) is 5.56 Å². The van der Waals surface area contributed by atoms with E-state index in [0.717, 1.165) is 12.1 Å². The van der Waals surface area contributed by atoms with Crippen LogP contribution in [0.1, 0.15) is 27.8 Å². The third-order valence-electron chi connectivity index (χ3n) is 4.03. The molecule has 0 unspecified atom stereocenters. The van der Waals surface area contributed by atoms with Gasteiger partial charge in [-0.1, -0.05) is 12.1 Å². The van der Waals surface area contributed by atoms with E-state index in [1.54, 1.807) is 24.0 Å². The fraction of sp³-hybridized carbons (Fsp3) is 0.111. The molecule has 27 heavy (non-hydrogen) atoms. The van der Waals surface area contributed by atoms with Crippen LogP contribution >= 0.6 is 0 Å². The first-order chi connectivity index (χ1) is 12.9. The number of nitrogens with zero attached hydrogens (tertiary/aromatic N) is 3. The first kappa shape index (κ1) is 18.1. The SMILES string of the molecule is Cn1ccnc1[C@H](NC(=O)c1ccc([N+](=O)[O-])c(O)c1)c1ccc(F)cc1. The van der Waals surface area contributed by atoms with Crippen molar-refractivity contribution in [1.82, 2.24) is 14.9 Å². The summed E-state index contributed by atoms with van der Waals surface area (Å²) in [5.41, 5.74) is 0.148. The third kappa shape index (κ3) is 3.76. The highest BCUT2D eigenvalue weighted by molar-refractivity contribution is 5.95. The maximum atomic E-state index is 13.3. The number of aromatic nitrogens is 2. The number of nitro benzene ring substituents is 1. The lowest BCUT2D eigenvalue weighted by Gasteiger charge is -2.19.